The Morgan fingerprint density at radius 1 is 1.45 bits per heavy atom. The quantitative estimate of drug-likeness (QED) is 0.613. The van der Waals surface area contributed by atoms with Gasteiger partial charge in [0.1, 0.15) is 0 Å². The molecule has 1 aliphatic rings. The third-order valence-electron chi connectivity index (χ3n) is 2.35. The maximum atomic E-state index is 9.22. The summed E-state index contributed by atoms with van der Waals surface area (Å²) >= 11 is 0. The molecule has 1 heteroatoms. The maximum absolute atomic E-state index is 9.22. The van der Waals surface area contributed by atoms with Crippen molar-refractivity contribution in [2.45, 2.75) is 31.8 Å². The monoisotopic (exact) mass is 152 g/mol. The number of aliphatic hydroxyl groups is 1. The molecule has 0 aromatic heterocycles. The van der Waals surface area contributed by atoms with Crippen molar-refractivity contribution in [3.8, 4) is 0 Å². The summed E-state index contributed by atoms with van der Waals surface area (Å²) in [7, 11) is 0. The molecule has 2 unspecified atom stereocenters. The second-order valence-corrected chi connectivity index (χ2v) is 3.15. The first-order chi connectivity index (χ1) is 5.34. The Kier molecular flexibility index (Phi) is 3.37. The van der Waals surface area contributed by atoms with Crippen molar-refractivity contribution in [3.05, 3.63) is 24.8 Å². The molecule has 1 aliphatic carbocycles. The molecule has 0 radical (unpaired) electrons. The van der Waals surface area contributed by atoms with E-state index in [2.05, 4.69) is 12.7 Å². The van der Waals surface area contributed by atoms with E-state index in [9.17, 15) is 5.11 Å². The lowest BCUT2D eigenvalue weighted by Crippen LogP contribution is -2.30. The Hall–Kier alpha value is -0.560. The smallest absolute Gasteiger partial charge is 0.0568 e. The zero-order chi connectivity index (χ0) is 8.10. The Labute approximate surface area is 68.4 Å². The van der Waals surface area contributed by atoms with Crippen LogP contribution in [0.2, 0.25) is 0 Å². The first kappa shape index (κ1) is 8.54. The lowest BCUT2D eigenvalue weighted by molar-refractivity contribution is 0.0201. The molecule has 0 aliphatic heterocycles. The van der Waals surface area contributed by atoms with Gasteiger partial charge in [-0.05, 0) is 31.6 Å². The van der Waals surface area contributed by atoms with Crippen LogP contribution in [0.5, 0.6) is 0 Å². The molecule has 0 spiro atoms. The minimum atomic E-state index is -0.00729. The third kappa shape index (κ3) is 2.51. The third-order valence-corrected chi connectivity index (χ3v) is 2.35. The summed E-state index contributed by atoms with van der Waals surface area (Å²) in [5.41, 5.74) is 0. The van der Waals surface area contributed by atoms with Gasteiger partial charge in [0.25, 0.3) is 0 Å². The van der Waals surface area contributed by atoms with E-state index >= 15 is 0 Å². The summed E-state index contributed by atoms with van der Waals surface area (Å²) < 4.78 is 0. The molecular weight excluding hydrogens is 136 g/mol. The Balaban J connectivity index is 2.03. The fraction of sp³-hybridized carbons (Fsp3) is 0.600. The normalized spacial score (nSPS) is 30.3. The highest BCUT2D eigenvalue weighted by molar-refractivity contribution is 4.97. The predicted octanol–water partition coefficient (Wildman–Crippen LogP) is 2.28. The van der Waals surface area contributed by atoms with Crippen molar-refractivity contribution in [1.82, 2.24) is 0 Å². The van der Waals surface area contributed by atoms with Gasteiger partial charge in [-0.25, -0.2) is 0 Å². The average Bonchev–Trinajstić information content (AvgIpc) is 2.02. The van der Waals surface area contributed by atoms with Crippen LogP contribution >= 0.6 is 0 Å². The molecule has 1 fully saturated rings. The molecular formula is C10H16O. The highest BCUT2D eigenvalue weighted by atomic mass is 16.3. The molecule has 0 aromatic carbocycles. The van der Waals surface area contributed by atoms with Crippen molar-refractivity contribution in [1.29, 1.82) is 0 Å². The molecule has 0 aromatic rings. The lowest BCUT2D eigenvalue weighted by atomic mass is 9.79. The number of rotatable bonds is 4. The van der Waals surface area contributed by atoms with Gasteiger partial charge < -0.3 is 5.11 Å². The molecule has 0 amide bonds. The van der Waals surface area contributed by atoms with Crippen molar-refractivity contribution in [3.63, 3.8) is 0 Å². The van der Waals surface area contributed by atoms with E-state index in [-0.39, 0.29) is 6.10 Å². The second kappa shape index (κ2) is 4.35. The molecule has 1 saturated carbocycles. The molecule has 1 nitrogen and oxygen atoms in total. The fourth-order valence-corrected chi connectivity index (χ4v) is 1.39. The van der Waals surface area contributed by atoms with Gasteiger partial charge in [0.05, 0.1) is 6.10 Å². The van der Waals surface area contributed by atoms with Gasteiger partial charge in [0, 0.05) is 0 Å². The highest BCUT2D eigenvalue weighted by Gasteiger charge is 2.27. The minimum Gasteiger partial charge on any atom is -0.393 e. The maximum Gasteiger partial charge on any atom is 0.0568 e. The summed E-state index contributed by atoms with van der Waals surface area (Å²) in [4.78, 5) is 0. The minimum absolute atomic E-state index is 0.00729. The standard InChI is InChI=1S/C10H16O/c1-2-3-4-5-6-9-7-8-10(9)11/h2-4,9-11H,1,5-8H2/b4-3+. The van der Waals surface area contributed by atoms with Gasteiger partial charge in [0.15, 0.2) is 0 Å². The van der Waals surface area contributed by atoms with E-state index < -0.39 is 0 Å². The first-order valence-corrected chi connectivity index (χ1v) is 4.30. The van der Waals surface area contributed by atoms with Crippen LogP contribution in [0.3, 0.4) is 0 Å². The van der Waals surface area contributed by atoms with Crippen LogP contribution < -0.4 is 0 Å². The predicted molar refractivity (Wildman–Crippen MR) is 47.3 cm³/mol. The molecule has 2 atom stereocenters. The first-order valence-electron chi connectivity index (χ1n) is 4.30. The van der Waals surface area contributed by atoms with Gasteiger partial charge >= 0.3 is 0 Å². The summed E-state index contributed by atoms with van der Waals surface area (Å²) in [6, 6.07) is 0. The van der Waals surface area contributed by atoms with Crippen molar-refractivity contribution < 1.29 is 5.11 Å². The number of aliphatic hydroxyl groups excluding tert-OH is 1. The molecule has 62 valence electrons. The van der Waals surface area contributed by atoms with Gasteiger partial charge in [-0.2, -0.15) is 0 Å². The fourth-order valence-electron chi connectivity index (χ4n) is 1.39. The van der Waals surface area contributed by atoms with E-state index in [1.807, 2.05) is 6.08 Å². The number of hydrogen-bond acceptors (Lipinski definition) is 1. The van der Waals surface area contributed by atoms with E-state index in [4.69, 9.17) is 0 Å². The molecule has 0 bridgehead atoms. The number of allylic oxidation sites excluding steroid dienone is 3. The van der Waals surface area contributed by atoms with Gasteiger partial charge in [0.2, 0.25) is 0 Å². The van der Waals surface area contributed by atoms with E-state index in [1.165, 1.54) is 6.42 Å². The number of hydrogen-bond donors (Lipinski definition) is 1. The van der Waals surface area contributed by atoms with Gasteiger partial charge in [-0.3, -0.25) is 0 Å². The zero-order valence-corrected chi connectivity index (χ0v) is 6.87. The summed E-state index contributed by atoms with van der Waals surface area (Å²) in [5, 5.41) is 9.22. The second-order valence-electron chi connectivity index (χ2n) is 3.15. The van der Waals surface area contributed by atoms with Crippen molar-refractivity contribution in [2.75, 3.05) is 0 Å². The SMILES string of the molecule is C=C/C=C/CCC1CCC1O. The van der Waals surface area contributed by atoms with Gasteiger partial charge in [-0.1, -0.05) is 24.8 Å². The van der Waals surface area contributed by atoms with E-state index in [0.717, 1.165) is 19.3 Å². The van der Waals surface area contributed by atoms with Crippen LogP contribution in [0.15, 0.2) is 24.8 Å². The zero-order valence-electron chi connectivity index (χ0n) is 6.87. The Morgan fingerprint density at radius 3 is 2.73 bits per heavy atom. The Bertz CT molecular complexity index is 149. The van der Waals surface area contributed by atoms with Crippen LogP contribution in [0.4, 0.5) is 0 Å². The molecule has 11 heavy (non-hydrogen) atoms. The van der Waals surface area contributed by atoms with Crippen LogP contribution in [0.25, 0.3) is 0 Å². The summed E-state index contributed by atoms with van der Waals surface area (Å²) in [6.07, 6.45) is 10.3. The summed E-state index contributed by atoms with van der Waals surface area (Å²) in [6.45, 7) is 3.59. The Morgan fingerprint density at radius 2 is 2.27 bits per heavy atom. The highest BCUT2D eigenvalue weighted by Crippen LogP contribution is 2.31. The van der Waals surface area contributed by atoms with E-state index in [0.29, 0.717) is 5.92 Å². The topological polar surface area (TPSA) is 20.2 Å². The van der Waals surface area contributed by atoms with Crippen LogP contribution in [-0.4, -0.2) is 11.2 Å². The summed E-state index contributed by atoms with van der Waals surface area (Å²) in [5.74, 6) is 0.574. The average molecular weight is 152 g/mol. The molecule has 0 saturated heterocycles. The molecule has 0 heterocycles. The molecule has 1 rings (SSSR count). The van der Waals surface area contributed by atoms with Crippen LogP contribution in [-0.2, 0) is 0 Å². The van der Waals surface area contributed by atoms with Crippen LogP contribution in [0, 0.1) is 5.92 Å². The van der Waals surface area contributed by atoms with Gasteiger partial charge in [-0.15, -0.1) is 0 Å². The lowest BCUT2D eigenvalue weighted by Gasteiger charge is -2.31. The van der Waals surface area contributed by atoms with E-state index in [1.54, 1.807) is 6.08 Å². The van der Waals surface area contributed by atoms with Crippen molar-refractivity contribution >= 4 is 0 Å². The van der Waals surface area contributed by atoms with Crippen molar-refractivity contribution in [2.24, 2.45) is 5.92 Å². The molecule has 1 N–H and O–H groups in total. The van der Waals surface area contributed by atoms with Crippen LogP contribution in [0.1, 0.15) is 25.7 Å². The largest absolute Gasteiger partial charge is 0.393 e.